The number of fused-ring (bicyclic) bond motifs is 1. The first-order chi connectivity index (χ1) is 10.0. The summed E-state index contributed by atoms with van der Waals surface area (Å²) >= 11 is 11.1. The Morgan fingerprint density at radius 3 is 3.00 bits per heavy atom. The summed E-state index contributed by atoms with van der Waals surface area (Å²) in [6, 6.07) is 7.18. The van der Waals surface area contributed by atoms with Crippen LogP contribution in [-0.4, -0.2) is 4.92 Å². The molecule has 1 aliphatic carbocycles. The number of halogens is 2. The lowest BCUT2D eigenvalue weighted by atomic mass is 9.94. The molecule has 0 spiro atoms. The summed E-state index contributed by atoms with van der Waals surface area (Å²) in [4.78, 5) is 11.9. The molecule has 3 rings (SSSR count). The van der Waals surface area contributed by atoms with Gasteiger partial charge in [-0.1, -0.05) is 11.6 Å². The van der Waals surface area contributed by atoms with Gasteiger partial charge in [0.25, 0.3) is 5.69 Å². The van der Waals surface area contributed by atoms with Crippen molar-refractivity contribution < 1.29 is 4.92 Å². The first-order valence-corrected chi connectivity index (χ1v) is 8.52. The first kappa shape index (κ1) is 14.8. The number of hydrogen-bond donors (Lipinski definition) is 1. The van der Waals surface area contributed by atoms with Crippen molar-refractivity contribution in [3.05, 3.63) is 53.6 Å². The maximum absolute atomic E-state index is 11.0. The van der Waals surface area contributed by atoms with E-state index >= 15 is 0 Å². The lowest BCUT2D eigenvalue weighted by molar-refractivity contribution is -0.384. The molecule has 1 aliphatic rings. The number of nitrogens with zero attached hydrogens (tertiary/aromatic N) is 1. The molecular weight excluding hydrogens is 376 g/mol. The van der Waals surface area contributed by atoms with Crippen molar-refractivity contribution in [3.63, 3.8) is 0 Å². The highest BCUT2D eigenvalue weighted by Gasteiger charge is 2.23. The summed E-state index contributed by atoms with van der Waals surface area (Å²) in [6.07, 6.45) is 3.24. The van der Waals surface area contributed by atoms with Crippen LogP contribution in [0.25, 0.3) is 0 Å². The van der Waals surface area contributed by atoms with Gasteiger partial charge in [0.1, 0.15) is 5.02 Å². The van der Waals surface area contributed by atoms with Gasteiger partial charge in [0.05, 0.1) is 14.8 Å². The third-order valence-electron chi connectivity index (χ3n) is 3.57. The maximum atomic E-state index is 11.0. The van der Waals surface area contributed by atoms with Crippen LogP contribution in [-0.2, 0) is 6.42 Å². The molecule has 0 aliphatic heterocycles. The smallest absolute Gasteiger partial charge is 0.289 e. The Balaban J connectivity index is 1.88. The molecule has 0 saturated carbocycles. The average molecular weight is 388 g/mol. The lowest BCUT2D eigenvalue weighted by Crippen LogP contribution is -2.15. The van der Waals surface area contributed by atoms with E-state index in [4.69, 9.17) is 11.6 Å². The van der Waals surface area contributed by atoms with Gasteiger partial charge in [-0.2, -0.15) is 0 Å². The second-order valence-electron chi connectivity index (χ2n) is 4.94. The summed E-state index contributed by atoms with van der Waals surface area (Å²) in [5.74, 6) is 0. The molecule has 1 heterocycles. The molecule has 0 bridgehead atoms. The molecule has 0 radical (unpaired) electrons. The second-order valence-corrected chi connectivity index (χ2v) is 7.86. The molecular formula is C14H12BrClN2O2S. The Bertz CT molecular complexity index is 704. The molecule has 7 heteroatoms. The molecule has 1 atom stereocenters. The number of anilines is 1. The molecule has 1 aromatic heterocycles. The van der Waals surface area contributed by atoms with E-state index in [-0.39, 0.29) is 16.8 Å². The minimum absolute atomic E-state index is 0.0656. The van der Waals surface area contributed by atoms with Gasteiger partial charge in [-0.15, -0.1) is 11.3 Å². The monoisotopic (exact) mass is 386 g/mol. The van der Waals surface area contributed by atoms with Gasteiger partial charge in [-0.25, -0.2) is 0 Å². The van der Waals surface area contributed by atoms with Gasteiger partial charge in [0.15, 0.2) is 0 Å². The molecule has 0 amide bonds. The highest BCUT2D eigenvalue weighted by molar-refractivity contribution is 9.11. The minimum Gasteiger partial charge on any atom is -0.378 e. The number of rotatable bonds is 3. The third kappa shape index (κ3) is 3.07. The van der Waals surface area contributed by atoms with E-state index in [1.54, 1.807) is 23.5 Å². The molecule has 0 saturated heterocycles. The molecule has 1 N–H and O–H groups in total. The van der Waals surface area contributed by atoms with Crippen LogP contribution in [0.15, 0.2) is 28.1 Å². The fraction of sp³-hybridized carbons (Fsp3) is 0.286. The number of aryl methyl sites for hydroxylation is 1. The van der Waals surface area contributed by atoms with Crippen molar-refractivity contribution in [2.75, 3.05) is 5.32 Å². The molecule has 21 heavy (non-hydrogen) atoms. The topological polar surface area (TPSA) is 55.2 Å². The Kier molecular flexibility index (Phi) is 4.19. The largest absolute Gasteiger partial charge is 0.378 e. The third-order valence-corrected chi connectivity index (χ3v) is 5.60. The highest BCUT2D eigenvalue weighted by atomic mass is 79.9. The van der Waals surface area contributed by atoms with Crippen LogP contribution in [0.3, 0.4) is 0 Å². The van der Waals surface area contributed by atoms with E-state index in [1.807, 2.05) is 0 Å². The van der Waals surface area contributed by atoms with Crippen molar-refractivity contribution >= 4 is 50.2 Å². The molecule has 4 nitrogen and oxygen atoms in total. The predicted octanol–water partition coefficient (Wildman–Crippen LogP) is 5.56. The second kappa shape index (κ2) is 5.94. The lowest BCUT2D eigenvalue weighted by Gasteiger charge is -2.24. The zero-order valence-electron chi connectivity index (χ0n) is 10.9. The quantitative estimate of drug-likeness (QED) is 0.554. The number of benzene rings is 1. The van der Waals surface area contributed by atoms with Crippen LogP contribution in [0.5, 0.6) is 0 Å². The van der Waals surface area contributed by atoms with E-state index in [2.05, 4.69) is 27.3 Å². The summed E-state index contributed by atoms with van der Waals surface area (Å²) in [7, 11) is 0. The summed E-state index contributed by atoms with van der Waals surface area (Å²) < 4.78 is 1.13. The summed E-state index contributed by atoms with van der Waals surface area (Å²) in [6.45, 7) is 0. The van der Waals surface area contributed by atoms with E-state index < -0.39 is 4.92 Å². The van der Waals surface area contributed by atoms with Gasteiger partial charge in [-0.05, 0) is 59.0 Å². The van der Waals surface area contributed by atoms with Crippen molar-refractivity contribution in [1.82, 2.24) is 0 Å². The van der Waals surface area contributed by atoms with Gasteiger partial charge in [-0.3, -0.25) is 10.1 Å². The molecule has 0 fully saturated rings. The Morgan fingerprint density at radius 1 is 1.43 bits per heavy atom. The van der Waals surface area contributed by atoms with Crippen molar-refractivity contribution in [2.24, 2.45) is 0 Å². The van der Waals surface area contributed by atoms with E-state index in [9.17, 15) is 10.1 Å². The normalized spacial score (nSPS) is 17.3. The fourth-order valence-electron chi connectivity index (χ4n) is 2.61. The number of thiophene rings is 1. The summed E-state index contributed by atoms with van der Waals surface area (Å²) in [5, 5.41) is 14.5. The standard InChI is InChI=1S/C14H12BrClN2O2S/c15-14-7-9-11(2-1-3-13(9)21-14)17-8-4-5-10(16)12(6-8)18(19)20/h4-7,11,17H,1-3H2. The SMILES string of the molecule is O=[N+]([O-])c1cc(NC2CCCc3sc(Br)cc32)ccc1Cl. The van der Waals surface area contributed by atoms with Crippen LogP contribution in [0.1, 0.15) is 29.3 Å². The number of hydrogen-bond acceptors (Lipinski definition) is 4. The fourth-order valence-corrected chi connectivity index (χ4v) is 4.62. The number of nitro benzene ring substituents is 1. The molecule has 1 aromatic carbocycles. The first-order valence-electron chi connectivity index (χ1n) is 6.53. The van der Waals surface area contributed by atoms with Crippen LogP contribution in [0.2, 0.25) is 5.02 Å². The van der Waals surface area contributed by atoms with E-state index in [1.165, 1.54) is 16.5 Å². The molecule has 110 valence electrons. The Morgan fingerprint density at radius 2 is 2.24 bits per heavy atom. The van der Waals surface area contributed by atoms with Gasteiger partial charge in [0.2, 0.25) is 0 Å². The Labute approximate surface area is 139 Å². The van der Waals surface area contributed by atoms with E-state index in [0.717, 1.165) is 28.7 Å². The Hall–Kier alpha value is -1.11. The summed E-state index contributed by atoms with van der Waals surface area (Å²) in [5.41, 5.74) is 1.95. The molecule has 1 unspecified atom stereocenters. The zero-order valence-corrected chi connectivity index (χ0v) is 14.1. The maximum Gasteiger partial charge on any atom is 0.289 e. The van der Waals surface area contributed by atoms with Crippen molar-refractivity contribution in [2.45, 2.75) is 25.3 Å². The van der Waals surface area contributed by atoms with E-state index in [0.29, 0.717) is 0 Å². The van der Waals surface area contributed by atoms with Crippen LogP contribution >= 0.6 is 38.9 Å². The van der Waals surface area contributed by atoms with Gasteiger partial charge in [0, 0.05) is 16.6 Å². The van der Waals surface area contributed by atoms with Gasteiger partial charge >= 0.3 is 0 Å². The average Bonchev–Trinajstić information content (AvgIpc) is 2.82. The number of nitrogens with one attached hydrogen (secondary N) is 1. The highest BCUT2D eigenvalue weighted by Crippen LogP contribution is 2.40. The minimum atomic E-state index is -0.457. The van der Waals surface area contributed by atoms with Gasteiger partial charge < -0.3 is 5.32 Å². The van der Waals surface area contributed by atoms with Crippen molar-refractivity contribution in [1.29, 1.82) is 0 Å². The van der Waals surface area contributed by atoms with Crippen LogP contribution in [0.4, 0.5) is 11.4 Å². The van der Waals surface area contributed by atoms with Crippen LogP contribution < -0.4 is 5.32 Å². The zero-order chi connectivity index (χ0) is 15.0. The number of nitro groups is 1. The molecule has 2 aromatic rings. The van der Waals surface area contributed by atoms with Crippen LogP contribution in [0, 0.1) is 10.1 Å². The predicted molar refractivity (Wildman–Crippen MR) is 89.4 cm³/mol. The van der Waals surface area contributed by atoms with Crippen molar-refractivity contribution in [3.8, 4) is 0 Å².